The van der Waals surface area contributed by atoms with Gasteiger partial charge in [0, 0.05) is 12.6 Å². The molecule has 1 aromatic rings. The summed E-state index contributed by atoms with van der Waals surface area (Å²) in [5, 5.41) is 8.78. The lowest BCUT2D eigenvalue weighted by Gasteiger charge is -2.14. The molecule has 0 spiro atoms. The molecular weight excluding hydrogens is 198 g/mol. The van der Waals surface area contributed by atoms with Crippen LogP contribution in [0.15, 0.2) is 18.2 Å². The average Bonchev–Trinajstić information content (AvgIpc) is 2.09. The first kappa shape index (κ1) is 13.4. The van der Waals surface area contributed by atoms with E-state index in [-0.39, 0.29) is 25.1 Å². The highest BCUT2D eigenvalue weighted by Gasteiger charge is 2.07. The molecule has 0 aromatic heterocycles. The van der Waals surface area contributed by atoms with Gasteiger partial charge in [-0.15, -0.1) is 12.4 Å². The highest BCUT2D eigenvalue weighted by molar-refractivity contribution is 5.85. The Hall–Kier alpha value is -0.570. The van der Waals surface area contributed by atoms with E-state index in [1.165, 1.54) is 11.1 Å². The van der Waals surface area contributed by atoms with Crippen LogP contribution in [-0.4, -0.2) is 11.7 Å². The third-order valence-electron chi connectivity index (χ3n) is 2.27. The molecule has 0 radical (unpaired) electrons. The van der Waals surface area contributed by atoms with E-state index in [0.717, 1.165) is 5.56 Å². The van der Waals surface area contributed by atoms with E-state index in [2.05, 4.69) is 25.1 Å². The van der Waals surface area contributed by atoms with E-state index < -0.39 is 0 Å². The van der Waals surface area contributed by atoms with Crippen LogP contribution >= 0.6 is 12.4 Å². The largest absolute Gasteiger partial charge is 0.396 e. The van der Waals surface area contributed by atoms with Crippen LogP contribution in [0.2, 0.25) is 0 Å². The molecule has 0 bridgehead atoms. The van der Waals surface area contributed by atoms with Crippen molar-refractivity contribution in [2.75, 3.05) is 6.61 Å². The van der Waals surface area contributed by atoms with E-state index >= 15 is 0 Å². The monoisotopic (exact) mass is 215 g/mol. The molecule has 3 N–H and O–H groups in total. The van der Waals surface area contributed by atoms with Crippen LogP contribution in [0.1, 0.15) is 29.2 Å². The van der Waals surface area contributed by atoms with E-state index in [1.54, 1.807) is 0 Å². The van der Waals surface area contributed by atoms with Gasteiger partial charge in [0.05, 0.1) is 0 Å². The van der Waals surface area contributed by atoms with Crippen LogP contribution in [0, 0.1) is 13.8 Å². The lowest BCUT2D eigenvalue weighted by molar-refractivity contribution is 0.276. The maximum Gasteiger partial charge on any atom is 0.0449 e. The predicted octanol–water partition coefficient (Wildman–Crippen LogP) is 2.11. The van der Waals surface area contributed by atoms with Crippen molar-refractivity contribution in [3.05, 3.63) is 34.9 Å². The SMILES string of the molecule is Cc1ccc(C)c(C(N)CCO)c1.Cl. The molecule has 0 aliphatic carbocycles. The van der Waals surface area contributed by atoms with E-state index in [4.69, 9.17) is 10.8 Å². The number of hydrogen-bond acceptors (Lipinski definition) is 2. The van der Waals surface area contributed by atoms with Gasteiger partial charge >= 0.3 is 0 Å². The number of nitrogens with two attached hydrogens (primary N) is 1. The van der Waals surface area contributed by atoms with Crippen LogP contribution < -0.4 is 5.73 Å². The van der Waals surface area contributed by atoms with Crippen molar-refractivity contribution in [3.8, 4) is 0 Å². The lowest BCUT2D eigenvalue weighted by atomic mass is 9.98. The van der Waals surface area contributed by atoms with E-state index in [0.29, 0.717) is 6.42 Å². The highest BCUT2D eigenvalue weighted by atomic mass is 35.5. The Bertz CT molecular complexity index is 289. The van der Waals surface area contributed by atoms with Crippen molar-refractivity contribution in [2.24, 2.45) is 5.73 Å². The Kier molecular flexibility index (Phi) is 5.77. The Balaban J connectivity index is 0.00000169. The van der Waals surface area contributed by atoms with Crippen molar-refractivity contribution in [1.29, 1.82) is 0 Å². The molecule has 0 amide bonds. The fraction of sp³-hybridized carbons (Fsp3) is 0.455. The van der Waals surface area contributed by atoms with Crippen LogP contribution in [0.5, 0.6) is 0 Å². The molecule has 0 heterocycles. The van der Waals surface area contributed by atoms with E-state index in [9.17, 15) is 0 Å². The molecule has 0 saturated carbocycles. The van der Waals surface area contributed by atoms with Crippen molar-refractivity contribution in [2.45, 2.75) is 26.3 Å². The zero-order valence-electron chi connectivity index (χ0n) is 8.66. The summed E-state index contributed by atoms with van der Waals surface area (Å²) in [6.07, 6.45) is 0.629. The molecule has 0 fully saturated rings. The number of halogens is 1. The molecule has 0 aliphatic rings. The predicted molar refractivity (Wildman–Crippen MR) is 61.8 cm³/mol. The van der Waals surface area contributed by atoms with Gasteiger partial charge in [-0.25, -0.2) is 0 Å². The number of rotatable bonds is 3. The van der Waals surface area contributed by atoms with Crippen molar-refractivity contribution in [1.82, 2.24) is 0 Å². The second-order valence-electron chi connectivity index (χ2n) is 3.48. The van der Waals surface area contributed by atoms with Gasteiger partial charge in [-0.3, -0.25) is 0 Å². The van der Waals surface area contributed by atoms with Gasteiger partial charge in [0.1, 0.15) is 0 Å². The summed E-state index contributed by atoms with van der Waals surface area (Å²) < 4.78 is 0. The third-order valence-corrected chi connectivity index (χ3v) is 2.27. The normalized spacial score (nSPS) is 12.0. The first-order chi connectivity index (χ1) is 6.15. The summed E-state index contributed by atoms with van der Waals surface area (Å²) in [6, 6.07) is 6.20. The standard InChI is InChI=1S/C11H17NO.ClH/c1-8-3-4-9(2)10(7-8)11(12)5-6-13;/h3-4,7,11,13H,5-6,12H2,1-2H3;1H. The maximum atomic E-state index is 8.78. The minimum absolute atomic E-state index is 0. The molecule has 1 atom stereocenters. The van der Waals surface area contributed by atoms with Gasteiger partial charge in [0.15, 0.2) is 0 Å². The van der Waals surface area contributed by atoms with Crippen LogP contribution in [0.3, 0.4) is 0 Å². The number of hydrogen-bond donors (Lipinski definition) is 2. The molecule has 14 heavy (non-hydrogen) atoms. The molecule has 1 unspecified atom stereocenters. The fourth-order valence-corrected chi connectivity index (χ4v) is 1.45. The molecular formula is C11H18ClNO. The summed E-state index contributed by atoms with van der Waals surface area (Å²) >= 11 is 0. The lowest BCUT2D eigenvalue weighted by Crippen LogP contribution is -2.13. The zero-order valence-corrected chi connectivity index (χ0v) is 9.47. The number of aliphatic hydroxyl groups excluding tert-OH is 1. The summed E-state index contributed by atoms with van der Waals surface area (Å²) in [6.45, 7) is 4.25. The minimum atomic E-state index is -0.0371. The van der Waals surface area contributed by atoms with Gasteiger partial charge in [0.2, 0.25) is 0 Å². The van der Waals surface area contributed by atoms with Crippen LogP contribution in [0.4, 0.5) is 0 Å². The fourth-order valence-electron chi connectivity index (χ4n) is 1.45. The summed E-state index contributed by atoms with van der Waals surface area (Å²) in [4.78, 5) is 0. The molecule has 2 nitrogen and oxygen atoms in total. The van der Waals surface area contributed by atoms with Gasteiger partial charge in [0.25, 0.3) is 0 Å². The van der Waals surface area contributed by atoms with Crippen molar-refractivity contribution >= 4 is 12.4 Å². The van der Waals surface area contributed by atoms with Gasteiger partial charge in [-0.05, 0) is 31.4 Å². The first-order valence-electron chi connectivity index (χ1n) is 4.58. The number of aryl methyl sites for hydroxylation is 2. The topological polar surface area (TPSA) is 46.2 Å². The molecule has 3 heteroatoms. The molecule has 1 rings (SSSR count). The molecule has 0 aliphatic heterocycles. The highest BCUT2D eigenvalue weighted by Crippen LogP contribution is 2.19. The third kappa shape index (κ3) is 3.29. The summed E-state index contributed by atoms with van der Waals surface area (Å²) in [7, 11) is 0. The quantitative estimate of drug-likeness (QED) is 0.812. The second kappa shape index (κ2) is 6.02. The van der Waals surface area contributed by atoms with Crippen molar-refractivity contribution in [3.63, 3.8) is 0 Å². The molecule has 0 saturated heterocycles. The molecule has 1 aromatic carbocycles. The smallest absolute Gasteiger partial charge is 0.0449 e. The zero-order chi connectivity index (χ0) is 9.84. The Morgan fingerprint density at radius 2 is 2.00 bits per heavy atom. The number of aliphatic hydroxyl groups is 1. The van der Waals surface area contributed by atoms with Crippen LogP contribution in [-0.2, 0) is 0 Å². The number of benzene rings is 1. The van der Waals surface area contributed by atoms with Gasteiger partial charge < -0.3 is 10.8 Å². The Morgan fingerprint density at radius 3 is 2.57 bits per heavy atom. The average molecular weight is 216 g/mol. The van der Waals surface area contributed by atoms with Gasteiger partial charge in [-0.2, -0.15) is 0 Å². The summed E-state index contributed by atoms with van der Waals surface area (Å²) in [5.74, 6) is 0. The minimum Gasteiger partial charge on any atom is -0.396 e. The van der Waals surface area contributed by atoms with Crippen molar-refractivity contribution < 1.29 is 5.11 Å². The summed E-state index contributed by atoms with van der Waals surface area (Å²) in [5.41, 5.74) is 9.48. The Labute approximate surface area is 91.5 Å². The second-order valence-corrected chi connectivity index (χ2v) is 3.48. The van der Waals surface area contributed by atoms with E-state index in [1.807, 2.05) is 6.92 Å². The van der Waals surface area contributed by atoms with Gasteiger partial charge in [-0.1, -0.05) is 23.8 Å². The van der Waals surface area contributed by atoms with Crippen LogP contribution in [0.25, 0.3) is 0 Å². The first-order valence-corrected chi connectivity index (χ1v) is 4.58. The molecule has 80 valence electrons. The maximum absolute atomic E-state index is 8.78. The Morgan fingerprint density at radius 1 is 1.36 bits per heavy atom.